The molecule has 5 heteroatoms. The van der Waals surface area contributed by atoms with Crippen molar-refractivity contribution in [2.45, 2.75) is 12.3 Å². The Kier molecular flexibility index (Phi) is 3.18. The molecule has 0 fully saturated rings. The second kappa shape index (κ2) is 4.59. The Morgan fingerprint density at radius 1 is 1.40 bits per heavy atom. The summed E-state index contributed by atoms with van der Waals surface area (Å²) in [6.07, 6.45) is 1.53. The fraction of sp³-hybridized carbons (Fsp3) is 0.200. The Morgan fingerprint density at radius 2 is 2.20 bits per heavy atom. The zero-order valence-electron chi connectivity index (χ0n) is 8.14. The first-order valence-corrected chi connectivity index (χ1v) is 5.75. The molecule has 0 radical (unpaired) electrons. The van der Waals surface area contributed by atoms with Gasteiger partial charge in [-0.2, -0.15) is 4.37 Å². The lowest BCUT2D eigenvalue weighted by atomic mass is 10.1. The van der Waals surface area contributed by atoms with E-state index >= 15 is 0 Å². The molecule has 2 aromatic rings. The summed E-state index contributed by atoms with van der Waals surface area (Å²) in [4.78, 5) is 4.07. The van der Waals surface area contributed by atoms with E-state index in [2.05, 4.69) is 14.7 Å². The zero-order valence-corrected chi connectivity index (χ0v) is 9.72. The highest BCUT2D eigenvalue weighted by atomic mass is 35.5. The minimum absolute atomic E-state index is 0.0263. The van der Waals surface area contributed by atoms with Gasteiger partial charge in [0.2, 0.25) is 5.13 Å². The number of para-hydroxylation sites is 1. The smallest absolute Gasteiger partial charge is 0.206 e. The average Bonchev–Trinajstić information content (AvgIpc) is 2.71. The van der Waals surface area contributed by atoms with Crippen molar-refractivity contribution < 1.29 is 0 Å². The van der Waals surface area contributed by atoms with Crippen LogP contribution >= 0.6 is 23.1 Å². The highest BCUT2D eigenvalue weighted by Gasteiger charge is 2.08. The van der Waals surface area contributed by atoms with Crippen LogP contribution in [-0.2, 0) is 0 Å². The van der Waals surface area contributed by atoms with E-state index in [1.165, 1.54) is 17.9 Å². The summed E-state index contributed by atoms with van der Waals surface area (Å²) in [6, 6.07) is 7.92. The van der Waals surface area contributed by atoms with Crippen molar-refractivity contribution in [1.29, 1.82) is 0 Å². The van der Waals surface area contributed by atoms with Crippen LogP contribution in [0.15, 0.2) is 30.6 Å². The molecule has 1 unspecified atom stereocenters. The fourth-order valence-electron chi connectivity index (χ4n) is 1.30. The van der Waals surface area contributed by atoms with E-state index in [9.17, 15) is 0 Å². The largest absolute Gasteiger partial charge is 0.330 e. The number of alkyl halides is 1. The van der Waals surface area contributed by atoms with Crippen LogP contribution in [0.1, 0.15) is 17.9 Å². The first-order chi connectivity index (χ1) is 7.27. The number of aromatic nitrogens is 2. The van der Waals surface area contributed by atoms with E-state index in [1.54, 1.807) is 0 Å². The molecule has 0 bridgehead atoms. The van der Waals surface area contributed by atoms with Gasteiger partial charge in [-0.1, -0.05) is 18.2 Å². The Hall–Kier alpha value is -1.13. The zero-order chi connectivity index (χ0) is 10.7. The highest BCUT2D eigenvalue weighted by molar-refractivity contribution is 7.09. The van der Waals surface area contributed by atoms with Gasteiger partial charge in [-0.05, 0) is 18.6 Å². The summed E-state index contributed by atoms with van der Waals surface area (Å²) in [7, 11) is 0. The number of anilines is 2. The van der Waals surface area contributed by atoms with Crippen molar-refractivity contribution in [2.75, 3.05) is 5.32 Å². The SMILES string of the molecule is CC(Cl)c1ccccc1Nc1ncns1. The third-order valence-electron chi connectivity index (χ3n) is 1.99. The fourth-order valence-corrected chi connectivity index (χ4v) is 1.94. The maximum absolute atomic E-state index is 6.08. The lowest BCUT2D eigenvalue weighted by molar-refractivity contribution is 1.08. The van der Waals surface area contributed by atoms with E-state index in [0.717, 1.165) is 16.4 Å². The van der Waals surface area contributed by atoms with E-state index in [0.29, 0.717) is 0 Å². The summed E-state index contributed by atoms with van der Waals surface area (Å²) in [5.41, 5.74) is 2.05. The number of halogens is 1. The van der Waals surface area contributed by atoms with E-state index in [-0.39, 0.29) is 5.38 Å². The summed E-state index contributed by atoms with van der Waals surface area (Å²) < 4.78 is 3.93. The predicted molar refractivity (Wildman–Crippen MR) is 63.9 cm³/mol. The van der Waals surface area contributed by atoms with Crippen molar-refractivity contribution >= 4 is 34.0 Å². The predicted octanol–water partition coefficient (Wildman–Crippen LogP) is 3.58. The molecule has 15 heavy (non-hydrogen) atoms. The second-order valence-corrected chi connectivity index (χ2v) is 4.51. The minimum atomic E-state index is -0.0263. The molecule has 78 valence electrons. The first-order valence-electron chi connectivity index (χ1n) is 4.54. The second-order valence-electron chi connectivity index (χ2n) is 3.07. The van der Waals surface area contributed by atoms with Gasteiger partial charge in [0.1, 0.15) is 6.33 Å². The van der Waals surface area contributed by atoms with Crippen LogP contribution in [0.4, 0.5) is 10.8 Å². The molecule has 0 aliphatic carbocycles. The van der Waals surface area contributed by atoms with Crippen LogP contribution in [0, 0.1) is 0 Å². The van der Waals surface area contributed by atoms with Crippen LogP contribution in [0.2, 0.25) is 0 Å². The van der Waals surface area contributed by atoms with E-state index in [4.69, 9.17) is 11.6 Å². The molecular weight excluding hydrogens is 230 g/mol. The van der Waals surface area contributed by atoms with Crippen molar-refractivity contribution in [3.05, 3.63) is 36.2 Å². The first kappa shape index (κ1) is 10.4. The Balaban J connectivity index is 2.28. The summed E-state index contributed by atoms with van der Waals surface area (Å²) in [5, 5.41) is 3.95. The molecule has 3 nitrogen and oxygen atoms in total. The van der Waals surface area contributed by atoms with E-state index < -0.39 is 0 Å². The monoisotopic (exact) mass is 239 g/mol. The normalized spacial score (nSPS) is 12.4. The van der Waals surface area contributed by atoms with Gasteiger partial charge < -0.3 is 5.32 Å². The summed E-state index contributed by atoms with van der Waals surface area (Å²) in [5.74, 6) is 0. The van der Waals surface area contributed by atoms with Gasteiger partial charge in [-0.25, -0.2) is 4.98 Å². The maximum atomic E-state index is 6.08. The Bertz CT molecular complexity index is 428. The number of rotatable bonds is 3. The molecular formula is C10H10ClN3S. The van der Waals surface area contributed by atoms with Gasteiger partial charge in [-0.3, -0.25) is 0 Å². The molecule has 0 aliphatic heterocycles. The van der Waals surface area contributed by atoms with Crippen LogP contribution < -0.4 is 5.32 Å². The third-order valence-corrected chi connectivity index (χ3v) is 2.81. The van der Waals surface area contributed by atoms with Gasteiger partial charge in [0.05, 0.1) is 5.38 Å². The van der Waals surface area contributed by atoms with Crippen molar-refractivity contribution in [3.63, 3.8) is 0 Å². The number of nitrogens with zero attached hydrogens (tertiary/aromatic N) is 2. The molecule has 1 atom stereocenters. The standard InChI is InChI=1S/C10H10ClN3S/c1-7(11)8-4-2-3-5-9(8)14-10-12-6-13-15-10/h2-7H,1H3,(H,12,13,14). The number of hydrogen-bond donors (Lipinski definition) is 1. The molecule has 0 spiro atoms. The molecule has 1 N–H and O–H groups in total. The lowest BCUT2D eigenvalue weighted by Crippen LogP contribution is -1.95. The maximum Gasteiger partial charge on any atom is 0.206 e. The minimum Gasteiger partial charge on any atom is -0.330 e. The van der Waals surface area contributed by atoms with Crippen LogP contribution in [0.5, 0.6) is 0 Å². The molecule has 0 amide bonds. The average molecular weight is 240 g/mol. The quantitative estimate of drug-likeness (QED) is 0.832. The molecule has 0 aliphatic rings. The molecule has 2 rings (SSSR count). The topological polar surface area (TPSA) is 37.8 Å². The molecule has 1 aromatic heterocycles. The van der Waals surface area contributed by atoms with Crippen LogP contribution in [-0.4, -0.2) is 9.36 Å². The third kappa shape index (κ3) is 2.46. The van der Waals surface area contributed by atoms with Crippen molar-refractivity contribution in [3.8, 4) is 0 Å². The molecule has 1 heterocycles. The van der Waals surface area contributed by atoms with Gasteiger partial charge in [0.25, 0.3) is 0 Å². The Morgan fingerprint density at radius 3 is 2.87 bits per heavy atom. The highest BCUT2D eigenvalue weighted by Crippen LogP contribution is 2.29. The molecule has 1 aromatic carbocycles. The van der Waals surface area contributed by atoms with Gasteiger partial charge in [0, 0.05) is 17.2 Å². The van der Waals surface area contributed by atoms with E-state index in [1.807, 2.05) is 31.2 Å². The van der Waals surface area contributed by atoms with Gasteiger partial charge >= 0.3 is 0 Å². The number of benzene rings is 1. The summed E-state index contributed by atoms with van der Waals surface area (Å²) in [6.45, 7) is 1.95. The van der Waals surface area contributed by atoms with Crippen LogP contribution in [0.25, 0.3) is 0 Å². The number of nitrogens with one attached hydrogen (secondary N) is 1. The molecule has 0 saturated carbocycles. The Labute approximate surface area is 97.3 Å². The number of hydrogen-bond acceptors (Lipinski definition) is 4. The van der Waals surface area contributed by atoms with Crippen molar-refractivity contribution in [1.82, 2.24) is 9.36 Å². The molecule has 0 saturated heterocycles. The van der Waals surface area contributed by atoms with Crippen LogP contribution in [0.3, 0.4) is 0 Å². The summed E-state index contributed by atoms with van der Waals surface area (Å²) >= 11 is 7.40. The van der Waals surface area contributed by atoms with Crippen molar-refractivity contribution in [2.24, 2.45) is 0 Å². The lowest BCUT2D eigenvalue weighted by Gasteiger charge is -2.10. The van der Waals surface area contributed by atoms with Gasteiger partial charge in [0.15, 0.2) is 0 Å². The van der Waals surface area contributed by atoms with Gasteiger partial charge in [-0.15, -0.1) is 11.6 Å².